The number of hydrogen-bond acceptors (Lipinski definition) is 4. The summed E-state index contributed by atoms with van der Waals surface area (Å²) in [4.78, 5) is 35.4. The monoisotopic (exact) mass is 373 g/mol. The Morgan fingerprint density at radius 2 is 1.54 bits per heavy atom. The van der Waals surface area contributed by atoms with Crippen molar-refractivity contribution in [3.8, 4) is 11.1 Å². The average Bonchev–Trinajstić information content (AvgIpc) is 2.74. The summed E-state index contributed by atoms with van der Waals surface area (Å²) in [5.41, 5.74) is 3.21. The molecule has 28 heavy (non-hydrogen) atoms. The molecular weight excluding hydrogens is 354 g/mol. The van der Waals surface area contributed by atoms with Crippen molar-refractivity contribution < 1.29 is 19.1 Å². The molecule has 5 heteroatoms. The van der Waals surface area contributed by atoms with Gasteiger partial charge in [0.05, 0.1) is 5.56 Å². The lowest BCUT2D eigenvalue weighted by Crippen LogP contribution is -2.30. The van der Waals surface area contributed by atoms with E-state index in [0.29, 0.717) is 17.5 Å². The molecule has 3 aromatic rings. The minimum atomic E-state index is -0.984. The van der Waals surface area contributed by atoms with E-state index in [9.17, 15) is 14.4 Å². The van der Waals surface area contributed by atoms with Crippen molar-refractivity contribution in [3.05, 3.63) is 90.0 Å². The molecule has 0 aliphatic rings. The van der Waals surface area contributed by atoms with Gasteiger partial charge in [-0.1, -0.05) is 60.7 Å². The highest BCUT2D eigenvalue weighted by Crippen LogP contribution is 2.27. The number of para-hydroxylation sites is 1. The summed E-state index contributed by atoms with van der Waals surface area (Å²) in [5.74, 6) is -1.06. The van der Waals surface area contributed by atoms with E-state index in [4.69, 9.17) is 4.74 Å². The van der Waals surface area contributed by atoms with Gasteiger partial charge in [0, 0.05) is 16.8 Å². The second kappa shape index (κ2) is 8.77. The normalized spacial score (nSPS) is 11.3. The maximum absolute atomic E-state index is 12.5. The molecule has 0 heterocycles. The summed E-state index contributed by atoms with van der Waals surface area (Å²) in [6, 6.07) is 23.1. The zero-order valence-corrected chi connectivity index (χ0v) is 15.3. The third-order valence-electron chi connectivity index (χ3n) is 4.21. The summed E-state index contributed by atoms with van der Waals surface area (Å²) >= 11 is 0. The van der Waals surface area contributed by atoms with Gasteiger partial charge < -0.3 is 10.1 Å². The summed E-state index contributed by atoms with van der Waals surface area (Å²) in [6.45, 7) is 1.51. The Labute approximate surface area is 163 Å². The van der Waals surface area contributed by atoms with E-state index >= 15 is 0 Å². The smallest absolute Gasteiger partial charge is 0.338 e. The van der Waals surface area contributed by atoms with Gasteiger partial charge in [0.25, 0.3) is 5.91 Å². The number of carbonyl (C=O) groups excluding carboxylic acids is 3. The lowest BCUT2D eigenvalue weighted by Gasteiger charge is -2.16. The number of amides is 1. The molecule has 3 aromatic carbocycles. The lowest BCUT2D eigenvalue weighted by molar-refractivity contribution is -0.123. The van der Waals surface area contributed by atoms with Crippen molar-refractivity contribution in [2.75, 3.05) is 5.32 Å². The Bertz CT molecular complexity index is 981. The van der Waals surface area contributed by atoms with Crippen molar-refractivity contribution in [1.82, 2.24) is 0 Å². The van der Waals surface area contributed by atoms with E-state index in [-0.39, 0.29) is 5.56 Å². The molecule has 0 radical (unpaired) electrons. The van der Waals surface area contributed by atoms with Crippen LogP contribution < -0.4 is 5.32 Å². The van der Waals surface area contributed by atoms with Crippen LogP contribution in [-0.2, 0) is 9.53 Å². The van der Waals surface area contributed by atoms with Crippen LogP contribution in [0, 0.1) is 0 Å². The number of esters is 1. The Kier molecular flexibility index (Phi) is 5.97. The van der Waals surface area contributed by atoms with Gasteiger partial charge >= 0.3 is 5.97 Å². The maximum Gasteiger partial charge on any atom is 0.338 e. The molecule has 0 aliphatic carbocycles. The maximum atomic E-state index is 12.5. The van der Waals surface area contributed by atoms with E-state index in [1.807, 2.05) is 48.5 Å². The largest absolute Gasteiger partial charge is 0.449 e. The molecule has 0 saturated heterocycles. The van der Waals surface area contributed by atoms with Crippen LogP contribution in [0.15, 0.2) is 78.9 Å². The first kappa shape index (κ1) is 19.0. The lowest BCUT2D eigenvalue weighted by atomic mass is 10.0. The number of aldehydes is 1. The highest BCUT2D eigenvalue weighted by atomic mass is 16.5. The number of benzene rings is 3. The number of nitrogens with one attached hydrogen (secondary N) is 1. The number of anilines is 1. The molecule has 0 bridgehead atoms. The minimum Gasteiger partial charge on any atom is -0.449 e. The third-order valence-corrected chi connectivity index (χ3v) is 4.21. The van der Waals surface area contributed by atoms with Crippen LogP contribution in [0.5, 0.6) is 0 Å². The Morgan fingerprint density at radius 1 is 0.893 bits per heavy atom. The first-order chi connectivity index (χ1) is 13.6. The van der Waals surface area contributed by atoms with Crippen LogP contribution in [0.25, 0.3) is 11.1 Å². The van der Waals surface area contributed by atoms with E-state index in [1.165, 1.54) is 31.2 Å². The van der Waals surface area contributed by atoms with Gasteiger partial charge in [-0.25, -0.2) is 4.79 Å². The van der Waals surface area contributed by atoms with Gasteiger partial charge in [-0.2, -0.15) is 0 Å². The zero-order valence-electron chi connectivity index (χ0n) is 15.3. The molecule has 0 aliphatic heterocycles. The molecule has 0 spiro atoms. The van der Waals surface area contributed by atoms with Crippen LogP contribution in [0.4, 0.5) is 5.69 Å². The first-order valence-corrected chi connectivity index (χ1v) is 8.80. The van der Waals surface area contributed by atoms with Crippen LogP contribution in [0.2, 0.25) is 0 Å². The van der Waals surface area contributed by atoms with Crippen LogP contribution in [0.3, 0.4) is 0 Å². The van der Waals surface area contributed by atoms with E-state index in [2.05, 4.69) is 5.32 Å². The Morgan fingerprint density at radius 3 is 2.21 bits per heavy atom. The average molecular weight is 373 g/mol. The standard InChI is InChI=1S/C23H19NO4/c1-16(28-23(27)19-13-11-17(15-25)12-14-19)22(26)24-21-10-6-5-9-20(21)18-7-3-2-4-8-18/h2-16H,1H3,(H,24,26). The van der Waals surface area contributed by atoms with Crippen molar-refractivity contribution in [3.63, 3.8) is 0 Å². The zero-order chi connectivity index (χ0) is 19.9. The Balaban J connectivity index is 1.69. The number of ether oxygens (including phenoxy) is 1. The summed E-state index contributed by atoms with van der Waals surface area (Å²) in [6.07, 6.45) is -0.294. The van der Waals surface area contributed by atoms with Gasteiger partial charge in [-0.05, 0) is 30.7 Å². The van der Waals surface area contributed by atoms with Crippen LogP contribution in [0.1, 0.15) is 27.6 Å². The molecule has 0 saturated carbocycles. The molecule has 1 atom stereocenters. The summed E-state index contributed by atoms with van der Waals surface area (Å²) < 4.78 is 5.25. The molecular formula is C23H19NO4. The van der Waals surface area contributed by atoms with Crippen LogP contribution >= 0.6 is 0 Å². The second-order valence-electron chi connectivity index (χ2n) is 6.19. The van der Waals surface area contributed by atoms with E-state index in [1.54, 1.807) is 6.07 Å². The SMILES string of the molecule is CC(OC(=O)c1ccc(C=O)cc1)C(=O)Nc1ccccc1-c1ccccc1. The van der Waals surface area contributed by atoms with Crippen molar-refractivity contribution >= 4 is 23.9 Å². The van der Waals surface area contributed by atoms with Crippen molar-refractivity contribution in [1.29, 1.82) is 0 Å². The predicted molar refractivity (Wildman–Crippen MR) is 107 cm³/mol. The molecule has 0 aromatic heterocycles. The van der Waals surface area contributed by atoms with Crippen molar-refractivity contribution in [2.45, 2.75) is 13.0 Å². The number of rotatable bonds is 6. The molecule has 140 valence electrons. The molecule has 5 nitrogen and oxygen atoms in total. The fraction of sp³-hybridized carbons (Fsp3) is 0.0870. The predicted octanol–water partition coefficient (Wildman–Crippen LogP) is 4.35. The summed E-state index contributed by atoms with van der Waals surface area (Å²) in [5, 5.41) is 2.82. The number of carbonyl (C=O) groups is 3. The quantitative estimate of drug-likeness (QED) is 0.515. The fourth-order valence-electron chi connectivity index (χ4n) is 2.68. The van der Waals surface area contributed by atoms with Gasteiger partial charge in [0.1, 0.15) is 6.29 Å². The third kappa shape index (κ3) is 4.51. The van der Waals surface area contributed by atoms with Gasteiger partial charge in [-0.3, -0.25) is 9.59 Å². The molecule has 3 rings (SSSR count). The minimum absolute atomic E-state index is 0.273. The van der Waals surface area contributed by atoms with E-state index in [0.717, 1.165) is 11.1 Å². The number of hydrogen-bond donors (Lipinski definition) is 1. The van der Waals surface area contributed by atoms with Crippen LogP contribution in [-0.4, -0.2) is 24.3 Å². The highest BCUT2D eigenvalue weighted by molar-refractivity contribution is 6.00. The van der Waals surface area contributed by atoms with E-state index < -0.39 is 18.0 Å². The topological polar surface area (TPSA) is 72.5 Å². The molecule has 0 fully saturated rings. The molecule has 1 unspecified atom stereocenters. The highest BCUT2D eigenvalue weighted by Gasteiger charge is 2.20. The molecule has 1 amide bonds. The molecule has 1 N–H and O–H groups in total. The van der Waals surface area contributed by atoms with Crippen molar-refractivity contribution in [2.24, 2.45) is 0 Å². The van der Waals surface area contributed by atoms with Gasteiger partial charge in [-0.15, -0.1) is 0 Å². The first-order valence-electron chi connectivity index (χ1n) is 8.80. The Hall–Kier alpha value is -3.73. The summed E-state index contributed by atoms with van der Waals surface area (Å²) in [7, 11) is 0. The fourth-order valence-corrected chi connectivity index (χ4v) is 2.68. The second-order valence-corrected chi connectivity index (χ2v) is 6.19. The van der Waals surface area contributed by atoms with Gasteiger partial charge in [0.15, 0.2) is 6.10 Å². The van der Waals surface area contributed by atoms with Gasteiger partial charge in [0.2, 0.25) is 0 Å².